The molecule has 1 saturated carbocycles. The lowest BCUT2D eigenvalue weighted by Crippen LogP contribution is -2.61. The Bertz CT molecular complexity index is 226. The number of hydrogen-bond acceptors (Lipinski definition) is 1. The Kier molecular flexibility index (Phi) is 1.37. The van der Waals surface area contributed by atoms with Gasteiger partial charge in [-0.15, -0.1) is 0 Å². The molecule has 2 aliphatic heterocycles. The maximum absolute atomic E-state index is 11.8. The van der Waals surface area contributed by atoms with Gasteiger partial charge in [-0.05, 0) is 32.6 Å². The van der Waals surface area contributed by atoms with E-state index in [1.54, 1.807) is 0 Å². The van der Waals surface area contributed by atoms with Crippen LogP contribution in [-0.4, -0.2) is 23.4 Å². The van der Waals surface area contributed by atoms with Crippen molar-refractivity contribution in [2.75, 3.05) is 7.05 Å². The molecule has 3 aliphatic rings. The predicted molar refractivity (Wildman–Crippen MR) is 47.8 cm³/mol. The van der Waals surface area contributed by atoms with Gasteiger partial charge in [0.05, 0.1) is 0 Å². The summed E-state index contributed by atoms with van der Waals surface area (Å²) in [5.74, 6) is 0.363. The van der Waals surface area contributed by atoms with Gasteiger partial charge in [-0.1, -0.05) is 6.92 Å². The molecule has 1 amide bonds. The van der Waals surface area contributed by atoms with E-state index in [1.165, 1.54) is 12.8 Å². The number of rotatable bonds is 0. The summed E-state index contributed by atoms with van der Waals surface area (Å²) in [7, 11) is 1.96. The minimum atomic E-state index is -0.0213. The van der Waals surface area contributed by atoms with Gasteiger partial charge in [0, 0.05) is 18.0 Å². The molecule has 12 heavy (non-hydrogen) atoms. The topological polar surface area (TPSA) is 20.3 Å². The van der Waals surface area contributed by atoms with Gasteiger partial charge < -0.3 is 4.90 Å². The molecule has 2 bridgehead atoms. The quantitative estimate of drug-likeness (QED) is 0.538. The minimum Gasteiger partial charge on any atom is -0.340 e. The molecule has 0 unspecified atom stereocenters. The van der Waals surface area contributed by atoms with Gasteiger partial charge >= 0.3 is 0 Å². The van der Waals surface area contributed by atoms with Crippen molar-refractivity contribution in [3.63, 3.8) is 0 Å². The second-order valence-electron chi connectivity index (χ2n) is 4.92. The zero-order chi connectivity index (χ0) is 8.98. The van der Waals surface area contributed by atoms with Crippen LogP contribution in [-0.2, 0) is 4.79 Å². The predicted octanol–water partition coefficient (Wildman–Crippen LogP) is 1.80. The van der Waals surface area contributed by atoms with Crippen molar-refractivity contribution < 1.29 is 4.79 Å². The number of amides is 1. The number of carbonyl (C=O) groups excluding carboxylic acids is 1. The lowest BCUT2D eigenvalue weighted by molar-refractivity contribution is -0.162. The van der Waals surface area contributed by atoms with Crippen LogP contribution in [0.2, 0.25) is 0 Å². The summed E-state index contributed by atoms with van der Waals surface area (Å²) in [5, 5.41) is 0. The molecule has 68 valence electrons. The maximum atomic E-state index is 11.8. The van der Waals surface area contributed by atoms with E-state index in [4.69, 9.17) is 0 Å². The highest BCUT2D eigenvalue weighted by Crippen LogP contribution is 2.49. The molecule has 2 heterocycles. The van der Waals surface area contributed by atoms with Crippen molar-refractivity contribution in [2.24, 2.45) is 5.41 Å². The Morgan fingerprint density at radius 3 is 2.08 bits per heavy atom. The summed E-state index contributed by atoms with van der Waals surface area (Å²) in [6.07, 6.45) is 4.55. The molecule has 0 atom stereocenters. The SMILES string of the molecule is CN1C(=O)C2(C)CCC1(C)CC2. The van der Waals surface area contributed by atoms with Gasteiger partial charge in [0.15, 0.2) is 0 Å². The van der Waals surface area contributed by atoms with Crippen molar-refractivity contribution >= 4 is 5.91 Å². The molecule has 0 N–H and O–H groups in total. The summed E-state index contributed by atoms with van der Waals surface area (Å²) in [4.78, 5) is 13.8. The molecule has 2 heteroatoms. The Labute approximate surface area is 73.9 Å². The minimum absolute atomic E-state index is 0.0213. The molecule has 3 rings (SSSR count). The first-order chi connectivity index (χ1) is 5.48. The third kappa shape index (κ3) is 0.782. The highest BCUT2D eigenvalue weighted by Gasteiger charge is 2.52. The first-order valence-corrected chi connectivity index (χ1v) is 4.76. The van der Waals surface area contributed by atoms with E-state index in [0.29, 0.717) is 5.91 Å². The lowest BCUT2D eigenvalue weighted by Gasteiger charge is -2.55. The molecule has 0 radical (unpaired) electrons. The normalized spacial score (nSPS) is 46.9. The zero-order valence-electron chi connectivity index (χ0n) is 8.18. The average molecular weight is 167 g/mol. The second kappa shape index (κ2) is 2.04. The Morgan fingerprint density at radius 2 is 1.67 bits per heavy atom. The first kappa shape index (κ1) is 8.09. The van der Waals surface area contributed by atoms with Crippen LogP contribution < -0.4 is 0 Å². The Balaban J connectivity index is 2.37. The Hall–Kier alpha value is -0.530. The van der Waals surface area contributed by atoms with Crippen molar-refractivity contribution in [3.8, 4) is 0 Å². The van der Waals surface area contributed by atoms with E-state index in [0.717, 1.165) is 12.8 Å². The third-order valence-electron chi connectivity index (χ3n) is 4.06. The summed E-state index contributed by atoms with van der Waals surface area (Å²) >= 11 is 0. The fourth-order valence-electron chi connectivity index (χ4n) is 2.54. The van der Waals surface area contributed by atoms with Crippen LogP contribution in [0.1, 0.15) is 39.5 Å². The Morgan fingerprint density at radius 1 is 1.17 bits per heavy atom. The van der Waals surface area contributed by atoms with E-state index in [-0.39, 0.29) is 11.0 Å². The van der Waals surface area contributed by atoms with E-state index in [1.807, 2.05) is 11.9 Å². The molecule has 3 fully saturated rings. The van der Waals surface area contributed by atoms with Crippen molar-refractivity contribution in [3.05, 3.63) is 0 Å². The van der Waals surface area contributed by atoms with Crippen LogP contribution in [0.15, 0.2) is 0 Å². The summed E-state index contributed by atoms with van der Waals surface area (Å²) in [6.45, 7) is 4.33. The maximum Gasteiger partial charge on any atom is 0.228 e. The lowest BCUT2D eigenvalue weighted by atomic mass is 9.63. The molecular formula is C10H17NO. The van der Waals surface area contributed by atoms with Gasteiger partial charge in [-0.3, -0.25) is 4.79 Å². The highest BCUT2D eigenvalue weighted by molar-refractivity contribution is 5.84. The van der Waals surface area contributed by atoms with Gasteiger partial charge in [0.1, 0.15) is 0 Å². The van der Waals surface area contributed by atoms with E-state index < -0.39 is 0 Å². The number of piperidine rings is 2. The van der Waals surface area contributed by atoms with Gasteiger partial charge in [0.2, 0.25) is 5.91 Å². The second-order valence-corrected chi connectivity index (χ2v) is 4.92. The van der Waals surface area contributed by atoms with Crippen molar-refractivity contribution in [1.82, 2.24) is 4.90 Å². The molecule has 1 aliphatic carbocycles. The number of fused-ring (bicyclic) bond motifs is 3. The van der Waals surface area contributed by atoms with Gasteiger partial charge in [0.25, 0.3) is 0 Å². The molecule has 0 aromatic heterocycles. The number of carbonyl (C=O) groups is 1. The molecule has 2 nitrogen and oxygen atoms in total. The first-order valence-electron chi connectivity index (χ1n) is 4.76. The van der Waals surface area contributed by atoms with Gasteiger partial charge in [-0.2, -0.15) is 0 Å². The molecule has 0 aromatic rings. The van der Waals surface area contributed by atoms with Crippen LogP contribution in [0, 0.1) is 5.41 Å². The van der Waals surface area contributed by atoms with Crippen LogP contribution in [0.4, 0.5) is 0 Å². The average Bonchev–Trinajstić information content (AvgIpc) is 2.06. The van der Waals surface area contributed by atoms with Crippen LogP contribution >= 0.6 is 0 Å². The van der Waals surface area contributed by atoms with E-state index >= 15 is 0 Å². The van der Waals surface area contributed by atoms with Gasteiger partial charge in [-0.25, -0.2) is 0 Å². The summed E-state index contributed by atoms with van der Waals surface area (Å²) < 4.78 is 0. The molecule has 2 saturated heterocycles. The largest absolute Gasteiger partial charge is 0.340 e. The van der Waals surface area contributed by atoms with Crippen molar-refractivity contribution in [2.45, 2.75) is 45.1 Å². The molecule has 0 aromatic carbocycles. The standard InChI is InChI=1S/C10H17NO/c1-9-4-6-10(2,7-5-9)11(3)8(9)12/h4-7H2,1-3H3. The number of hydrogen-bond donors (Lipinski definition) is 0. The monoisotopic (exact) mass is 167 g/mol. The third-order valence-corrected chi connectivity index (χ3v) is 4.06. The van der Waals surface area contributed by atoms with E-state index in [2.05, 4.69) is 13.8 Å². The summed E-state index contributed by atoms with van der Waals surface area (Å²) in [6, 6.07) is 0. The molecular weight excluding hydrogens is 150 g/mol. The molecule has 0 spiro atoms. The summed E-state index contributed by atoms with van der Waals surface area (Å²) in [5.41, 5.74) is 0.154. The fourth-order valence-corrected chi connectivity index (χ4v) is 2.54. The fraction of sp³-hybridized carbons (Fsp3) is 0.900. The van der Waals surface area contributed by atoms with Crippen LogP contribution in [0.3, 0.4) is 0 Å². The van der Waals surface area contributed by atoms with E-state index in [9.17, 15) is 4.79 Å². The van der Waals surface area contributed by atoms with Crippen LogP contribution in [0.25, 0.3) is 0 Å². The highest BCUT2D eigenvalue weighted by atomic mass is 16.2. The number of nitrogens with zero attached hydrogens (tertiary/aromatic N) is 1. The smallest absolute Gasteiger partial charge is 0.228 e. The zero-order valence-corrected chi connectivity index (χ0v) is 8.18. The van der Waals surface area contributed by atoms with Crippen molar-refractivity contribution in [1.29, 1.82) is 0 Å². The van der Waals surface area contributed by atoms with Crippen LogP contribution in [0.5, 0.6) is 0 Å².